The Morgan fingerprint density at radius 3 is 2.65 bits per heavy atom. The summed E-state index contributed by atoms with van der Waals surface area (Å²) < 4.78 is 27.5. The third kappa shape index (κ3) is 3.38. The highest BCUT2D eigenvalue weighted by Gasteiger charge is 2.33. The minimum Gasteiger partial charge on any atom is -0.481 e. The second kappa shape index (κ2) is 6.21. The Kier molecular flexibility index (Phi) is 4.79. The summed E-state index contributed by atoms with van der Waals surface area (Å²) in [6.07, 6.45) is 0.753. The number of carboxylic acids is 1. The summed E-state index contributed by atoms with van der Waals surface area (Å²) in [5.41, 5.74) is 0. The van der Waals surface area contributed by atoms with Crippen LogP contribution in [0.2, 0.25) is 0 Å². The lowest BCUT2D eigenvalue weighted by Crippen LogP contribution is -2.46. The van der Waals surface area contributed by atoms with Crippen LogP contribution in [0.4, 0.5) is 0 Å². The van der Waals surface area contributed by atoms with E-state index in [1.54, 1.807) is 7.05 Å². The smallest absolute Gasteiger partial charge is 0.306 e. The van der Waals surface area contributed by atoms with Crippen molar-refractivity contribution in [3.05, 3.63) is 22.4 Å². The van der Waals surface area contributed by atoms with Gasteiger partial charge in [-0.3, -0.25) is 4.79 Å². The Labute approximate surface area is 122 Å². The van der Waals surface area contributed by atoms with Crippen molar-refractivity contribution in [1.82, 2.24) is 8.61 Å². The number of rotatable bonds is 5. The van der Waals surface area contributed by atoms with Crippen molar-refractivity contribution in [1.29, 1.82) is 0 Å². The first-order valence-electron chi connectivity index (χ1n) is 6.38. The molecule has 0 saturated carbocycles. The summed E-state index contributed by atoms with van der Waals surface area (Å²) in [4.78, 5) is 11.9. The zero-order chi connectivity index (χ0) is 14.8. The van der Waals surface area contributed by atoms with E-state index in [1.807, 2.05) is 17.5 Å². The molecule has 1 fully saturated rings. The van der Waals surface area contributed by atoms with Crippen LogP contribution in [-0.4, -0.2) is 48.2 Å². The Hall–Kier alpha value is -0.960. The first-order valence-corrected chi connectivity index (χ1v) is 8.65. The van der Waals surface area contributed by atoms with Gasteiger partial charge in [-0.15, -0.1) is 11.3 Å². The predicted octanol–water partition coefficient (Wildman–Crippen LogP) is 1.22. The fourth-order valence-electron chi connectivity index (χ4n) is 2.23. The van der Waals surface area contributed by atoms with Crippen LogP contribution in [0.25, 0.3) is 0 Å². The molecular weight excluding hydrogens is 300 g/mol. The summed E-state index contributed by atoms with van der Waals surface area (Å²) in [5, 5.41) is 10.8. The highest BCUT2D eigenvalue weighted by Crippen LogP contribution is 2.22. The molecule has 1 N–H and O–H groups in total. The Balaban J connectivity index is 1.98. The van der Waals surface area contributed by atoms with Gasteiger partial charge in [0.2, 0.25) is 0 Å². The van der Waals surface area contributed by atoms with Crippen LogP contribution in [0.5, 0.6) is 0 Å². The van der Waals surface area contributed by atoms with Gasteiger partial charge in [0, 0.05) is 31.6 Å². The fourth-order valence-corrected chi connectivity index (χ4v) is 4.44. The number of nitrogens with zero attached hydrogens (tertiary/aromatic N) is 2. The third-order valence-corrected chi connectivity index (χ3v) is 6.28. The van der Waals surface area contributed by atoms with Gasteiger partial charge in [-0.05, 0) is 24.3 Å². The predicted molar refractivity (Wildman–Crippen MR) is 76.6 cm³/mol. The van der Waals surface area contributed by atoms with Crippen LogP contribution in [0.1, 0.15) is 17.7 Å². The van der Waals surface area contributed by atoms with Gasteiger partial charge in [0.05, 0.1) is 5.92 Å². The highest BCUT2D eigenvalue weighted by molar-refractivity contribution is 7.86. The van der Waals surface area contributed by atoms with Gasteiger partial charge in [0.15, 0.2) is 0 Å². The van der Waals surface area contributed by atoms with Crippen molar-refractivity contribution >= 4 is 27.5 Å². The van der Waals surface area contributed by atoms with E-state index in [0.717, 1.165) is 4.88 Å². The molecule has 1 aromatic rings. The van der Waals surface area contributed by atoms with Gasteiger partial charge in [-0.1, -0.05) is 6.07 Å². The fraction of sp³-hybridized carbons (Fsp3) is 0.583. The summed E-state index contributed by atoms with van der Waals surface area (Å²) in [6.45, 7) is 0.890. The topological polar surface area (TPSA) is 77.9 Å². The zero-order valence-corrected chi connectivity index (χ0v) is 12.9. The third-order valence-electron chi connectivity index (χ3n) is 3.48. The summed E-state index contributed by atoms with van der Waals surface area (Å²) in [5.74, 6) is -1.27. The van der Waals surface area contributed by atoms with E-state index in [9.17, 15) is 13.2 Å². The average molecular weight is 318 g/mol. The normalized spacial score (nSPS) is 18.5. The Morgan fingerprint density at radius 2 is 2.15 bits per heavy atom. The number of hydrogen-bond donors (Lipinski definition) is 1. The molecule has 6 nitrogen and oxygen atoms in total. The number of carbonyl (C=O) groups is 1. The summed E-state index contributed by atoms with van der Waals surface area (Å²) >= 11 is 1.52. The van der Waals surface area contributed by atoms with E-state index in [-0.39, 0.29) is 13.1 Å². The van der Waals surface area contributed by atoms with E-state index < -0.39 is 22.1 Å². The Bertz CT molecular complexity index is 548. The minimum absolute atomic E-state index is 0.272. The van der Waals surface area contributed by atoms with Crippen LogP contribution >= 0.6 is 11.3 Å². The zero-order valence-electron chi connectivity index (χ0n) is 11.2. The molecule has 0 aliphatic carbocycles. The van der Waals surface area contributed by atoms with Gasteiger partial charge in [0.25, 0.3) is 10.2 Å². The molecule has 8 heteroatoms. The number of piperidine rings is 1. The summed E-state index contributed by atoms with van der Waals surface area (Å²) in [7, 11) is -1.95. The molecule has 1 aliphatic heterocycles. The molecule has 0 aromatic carbocycles. The molecule has 1 saturated heterocycles. The highest BCUT2D eigenvalue weighted by atomic mass is 32.2. The first-order chi connectivity index (χ1) is 9.41. The second-order valence-electron chi connectivity index (χ2n) is 4.85. The van der Waals surface area contributed by atoms with Crippen molar-refractivity contribution in [2.75, 3.05) is 20.1 Å². The first kappa shape index (κ1) is 15.4. The van der Waals surface area contributed by atoms with E-state index in [0.29, 0.717) is 19.4 Å². The van der Waals surface area contributed by atoms with Crippen LogP contribution in [0.3, 0.4) is 0 Å². The quantitative estimate of drug-likeness (QED) is 0.885. The van der Waals surface area contributed by atoms with E-state index in [2.05, 4.69) is 0 Å². The van der Waals surface area contributed by atoms with Gasteiger partial charge >= 0.3 is 5.97 Å². The minimum atomic E-state index is -3.51. The van der Waals surface area contributed by atoms with Crippen molar-refractivity contribution in [3.8, 4) is 0 Å². The van der Waals surface area contributed by atoms with E-state index in [1.165, 1.54) is 19.9 Å². The molecule has 2 heterocycles. The maximum atomic E-state index is 12.4. The number of hydrogen-bond acceptors (Lipinski definition) is 4. The lowest BCUT2D eigenvalue weighted by atomic mass is 9.99. The number of carboxylic acid groups (broad SMARTS) is 1. The maximum Gasteiger partial charge on any atom is 0.306 e. The largest absolute Gasteiger partial charge is 0.481 e. The average Bonchev–Trinajstić information content (AvgIpc) is 2.91. The van der Waals surface area contributed by atoms with Crippen molar-refractivity contribution in [2.45, 2.75) is 19.4 Å². The monoisotopic (exact) mass is 318 g/mol. The van der Waals surface area contributed by atoms with Crippen molar-refractivity contribution in [2.24, 2.45) is 5.92 Å². The van der Waals surface area contributed by atoms with Gasteiger partial charge in [0.1, 0.15) is 0 Å². The standard InChI is InChI=1S/C12H18N2O4S2/c1-13(9-11-3-2-8-19-11)20(17,18)14-6-4-10(5-7-14)12(15)16/h2-3,8,10H,4-7,9H2,1H3,(H,15,16). The van der Waals surface area contributed by atoms with Crippen LogP contribution in [-0.2, 0) is 21.5 Å². The van der Waals surface area contributed by atoms with Gasteiger partial charge in [-0.2, -0.15) is 17.0 Å². The Morgan fingerprint density at radius 1 is 1.50 bits per heavy atom. The molecule has 0 unspecified atom stereocenters. The molecule has 0 radical (unpaired) electrons. The van der Waals surface area contributed by atoms with Gasteiger partial charge < -0.3 is 5.11 Å². The SMILES string of the molecule is CN(Cc1cccs1)S(=O)(=O)N1CCC(C(=O)O)CC1. The lowest BCUT2D eigenvalue weighted by molar-refractivity contribution is -0.142. The molecular formula is C12H18N2O4S2. The summed E-state index contributed by atoms with van der Waals surface area (Å²) in [6, 6.07) is 3.78. The molecule has 1 aromatic heterocycles. The van der Waals surface area contributed by atoms with Crippen molar-refractivity contribution < 1.29 is 18.3 Å². The molecule has 0 amide bonds. The van der Waals surface area contributed by atoms with Crippen LogP contribution < -0.4 is 0 Å². The number of aliphatic carboxylic acids is 1. The van der Waals surface area contributed by atoms with E-state index >= 15 is 0 Å². The lowest BCUT2D eigenvalue weighted by Gasteiger charge is -2.32. The molecule has 0 bridgehead atoms. The van der Waals surface area contributed by atoms with Crippen molar-refractivity contribution in [3.63, 3.8) is 0 Å². The number of thiophene rings is 1. The molecule has 1 aliphatic rings. The molecule has 20 heavy (non-hydrogen) atoms. The molecule has 0 atom stereocenters. The molecule has 2 rings (SSSR count). The van der Waals surface area contributed by atoms with Gasteiger partial charge in [-0.25, -0.2) is 0 Å². The maximum absolute atomic E-state index is 12.4. The molecule has 0 spiro atoms. The van der Waals surface area contributed by atoms with Crippen LogP contribution in [0.15, 0.2) is 17.5 Å². The van der Waals surface area contributed by atoms with E-state index in [4.69, 9.17) is 5.11 Å². The second-order valence-corrected chi connectivity index (χ2v) is 7.92. The molecule has 112 valence electrons. The van der Waals surface area contributed by atoms with Crippen LogP contribution in [0, 0.1) is 5.92 Å².